The maximum absolute atomic E-state index is 13.0. The van der Waals surface area contributed by atoms with Gasteiger partial charge in [0.15, 0.2) is 5.65 Å². The van der Waals surface area contributed by atoms with Gasteiger partial charge in [0.2, 0.25) is 0 Å². The van der Waals surface area contributed by atoms with Crippen LogP contribution in [0.1, 0.15) is 22.1 Å². The number of nitrogens with two attached hydrogens (primary N) is 1. The van der Waals surface area contributed by atoms with E-state index in [9.17, 15) is 22.0 Å². The number of hydrogen-bond acceptors (Lipinski definition) is 4. The molecule has 2 aromatic heterocycles. The maximum Gasteiger partial charge on any atom is 0.453 e. The second-order valence-corrected chi connectivity index (χ2v) is 4.40. The lowest BCUT2D eigenvalue weighted by Gasteiger charge is -2.19. The minimum atomic E-state index is -5.74. The number of fused-ring (bicyclic) bond motifs is 1. The van der Waals surface area contributed by atoms with Crippen LogP contribution in [0.4, 0.5) is 22.0 Å². The van der Waals surface area contributed by atoms with Crippen molar-refractivity contribution < 1.29 is 26.1 Å². The van der Waals surface area contributed by atoms with Crippen molar-refractivity contribution in [2.24, 2.45) is 12.7 Å². The Kier molecular flexibility index (Phi) is 2.86. The summed E-state index contributed by atoms with van der Waals surface area (Å²) in [6, 6.07) is 0. The number of hydrogen-bond donors (Lipinski definition) is 2. The summed E-state index contributed by atoms with van der Waals surface area (Å²) in [6.45, 7) is -2.78. The number of halogens is 5. The number of nitrogens with one attached hydrogen (secondary N) is 1. The molecule has 11 heteroatoms. The van der Waals surface area contributed by atoms with Crippen LogP contribution in [0.15, 0.2) is 6.20 Å². The van der Waals surface area contributed by atoms with Crippen molar-refractivity contribution in [3.05, 3.63) is 17.7 Å². The van der Waals surface area contributed by atoms with Crippen molar-refractivity contribution in [3.8, 4) is 0 Å². The molecule has 0 aliphatic rings. The third-order valence-corrected chi connectivity index (χ3v) is 2.81. The van der Waals surface area contributed by atoms with Crippen LogP contribution in [0, 0.1) is 5.41 Å². The summed E-state index contributed by atoms with van der Waals surface area (Å²) in [5, 5.41) is 11.0. The molecular formula is C11H11F5N6. The zero-order valence-electron chi connectivity index (χ0n) is 13.7. The highest BCUT2D eigenvalue weighted by atomic mass is 19.4. The molecule has 0 aromatic carbocycles. The van der Waals surface area contributed by atoms with Crippen LogP contribution in [0.5, 0.6) is 0 Å². The number of nitrogens with zero attached hydrogens (tertiary/aromatic N) is 4. The molecule has 0 aliphatic heterocycles. The van der Waals surface area contributed by atoms with Crippen LogP contribution in [-0.4, -0.2) is 37.7 Å². The molecule has 120 valence electrons. The number of amidine groups is 1. The van der Waals surface area contributed by atoms with Crippen LogP contribution >= 0.6 is 0 Å². The Hall–Kier alpha value is -2.33. The number of alkyl halides is 5. The highest BCUT2D eigenvalue weighted by Crippen LogP contribution is 2.38. The summed E-state index contributed by atoms with van der Waals surface area (Å²) >= 11 is 0. The monoisotopic (exact) mass is 325 g/mol. The van der Waals surface area contributed by atoms with Crippen molar-refractivity contribution in [2.75, 3.05) is 0 Å². The maximum atomic E-state index is 13.0. The molecule has 6 nitrogen and oxygen atoms in total. The predicted molar refractivity (Wildman–Crippen MR) is 66.6 cm³/mol. The topological polar surface area (TPSA) is 93.5 Å². The summed E-state index contributed by atoms with van der Waals surface area (Å²) in [6.07, 6.45) is -7.26. The first-order chi connectivity index (χ1) is 11.2. The largest absolute Gasteiger partial charge is 0.453 e. The van der Waals surface area contributed by atoms with Gasteiger partial charge < -0.3 is 5.73 Å². The Morgan fingerprint density at radius 1 is 1.36 bits per heavy atom. The van der Waals surface area contributed by atoms with Gasteiger partial charge in [-0.15, -0.1) is 0 Å². The highest BCUT2D eigenvalue weighted by molar-refractivity contribution is 6.03. The van der Waals surface area contributed by atoms with Gasteiger partial charge in [-0.1, -0.05) is 0 Å². The minimum Gasteiger partial charge on any atom is -0.382 e. The van der Waals surface area contributed by atoms with Crippen LogP contribution in [0.2, 0.25) is 0 Å². The molecule has 22 heavy (non-hydrogen) atoms. The van der Waals surface area contributed by atoms with E-state index in [-0.39, 0.29) is 16.7 Å². The standard InChI is InChI=1S/C11H11F5N6/c1-22-9-5(4-19-22)7(8(17)18)20-6(21-9)2-3-10(12,13)11(14,15)16/h4H,2-3H2,1H3,(H3,17,18)/i1D3. The van der Waals surface area contributed by atoms with Crippen molar-refractivity contribution in [2.45, 2.75) is 24.9 Å². The molecule has 0 atom stereocenters. The molecule has 0 spiro atoms. The van der Waals surface area contributed by atoms with Crippen molar-refractivity contribution in [1.82, 2.24) is 19.7 Å². The van der Waals surface area contributed by atoms with E-state index < -0.39 is 43.6 Å². The van der Waals surface area contributed by atoms with E-state index in [1.807, 2.05) is 0 Å². The van der Waals surface area contributed by atoms with E-state index in [2.05, 4.69) is 15.1 Å². The average molecular weight is 325 g/mol. The number of aromatic nitrogens is 4. The molecule has 0 aliphatic carbocycles. The molecule has 0 radical (unpaired) electrons. The summed E-state index contributed by atoms with van der Waals surface area (Å²) in [4.78, 5) is 7.39. The van der Waals surface area contributed by atoms with Gasteiger partial charge in [-0.05, 0) is 0 Å². The molecule has 0 saturated heterocycles. The lowest BCUT2D eigenvalue weighted by atomic mass is 10.1. The molecular weight excluding hydrogens is 311 g/mol. The van der Waals surface area contributed by atoms with Crippen LogP contribution in [0.3, 0.4) is 0 Å². The second-order valence-electron chi connectivity index (χ2n) is 4.40. The van der Waals surface area contributed by atoms with Crippen molar-refractivity contribution >= 4 is 16.9 Å². The quantitative estimate of drug-likeness (QED) is 0.509. The molecule has 3 N–H and O–H groups in total. The van der Waals surface area contributed by atoms with Gasteiger partial charge in [0.1, 0.15) is 17.4 Å². The molecule has 2 aromatic rings. The second kappa shape index (κ2) is 5.14. The van der Waals surface area contributed by atoms with E-state index in [0.717, 1.165) is 6.20 Å². The lowest BCUT2D eigenvalue weighted by Crippen LogP contribution is -2.36. The molecule has 0 bridgehead atoms. The summed E-state index contributed by atoms with van der Waals surface area (Å²) in [5.74, 6) is -6.11. The molecule has 0 amide bonds. The predicted octanol–water partition coefficient (Wildman–Crippen LogP) is 1.78. The minimum absolute atomic E-state index is 0.0324. The molecule has 0 unspecified atom stereocenters. The Bertz CT molecular complexity index is 813. The fraction of sp³-hybridized carbons (Fsp3) is 0.455. The SMILES string of the molecule is [2H]C([2H])([2H])n1ncc2c(C(=N)N)nc(CCC(F)(F)C(F)(F)F)nc21. The Labute approximate surface area is 124 Å². The zero-order chi connectivity index (χ0) is 19.2. The van der Waals surface area contributed by atoms with E-state index >= 15 is 0 Å². The van der Waals surface area contributed by atoms with Gasteiger partial charge in [-0.25, -0.2) is 9.97 Å². The van der Waals surface area contributed by atoms with Crippen LogP contribution in [-0.2, 0) is 13.4 Å². The van der Waals surface area contributed by atoms with Crippen LogP contribution < -0.4 is 5.73 Å². The summed E-state index contributed by atoms with van der Waals surface area (Å²) in [5.41, 5.74) is 4.66. The number of rotatable bonds is 4. The summed E-state index contributed by atoms with van der Waals surface area (Å²) in [7, 11) is 0. The van der Waals surface area contributed by atoms with Gasteiger partial charge in [-0.2, -0.15) is 27.1 Å². The third kappa shape index (κ3) is 2.83. The van der Waals surface area contributed by atoms with Gasteiger partial charge in [0.05, 0.1) is 11.6 Å². The first-order valence-corrected chi connectivity index (χ1v) is 5.78. The Morgan fingerprint density at radius 3 is 2.59 bits per heavy atom. The first-order valence-electron chi connectivity index (χ1n) is 7.28. The smallest absolute Gasteiger partial charge is 0.382 e. The van der Waals surface area contributed by atoms with Crippen LogP contribution in [0.25, 0.3) is 11.0 Å². The van der Waals surface area contributed by atoms with Crippen molar-refractivity contribution in [3.63, 3.8) is 0 Å². The zero-order valence-corrected chi connectivity index (χ0v) is 10.7. The summed E-state index contributed by atoms with van der Waals surface area (Å²) < 4.78 is 85.2. The van der Waals surface area contributed by atoms with Gasteiger partial charge in [0, 0.05) is 23.9 Å². The van der Waals surface area contributed by atoms with Gasteiger partial charge >= 0.3 is 12.1 Å². The number of nitrogen functional groups attached to an aromatic ring is 1. The molecule has 0 fully saturated rings. The molecule has 0 saturated carbocycles. The van der Waals surface area contributed by atoms with Crippen molar-refractivity contribution in [1.29, 1.82) is 5.41 Å². The first kappa shape index (κ1) is 12.2. The molecule has 2 rings (SSSR count). The van der Waals surface area contributed by atoms with Gasteiger partial charge in [0.25, 0.3) is 0 Å². The van der Waals surface area contributed by atoms with E-state index in [1.54, 1.807) is 0 Å². The fourth-order valence-electron chi connectivity index (χ4n) is 1.68. The Balaban J connectivity index is 2.49. The van der Waals surface area contributed by atoms with E-state index in [1.165, 1.54) is 0 Å². The lowest BCUT2D eigenvalue weighted by molar-refractivity contribution is -0.284. The normalized spacial score (nSPS) is 15.4. The average Bonchev–Trinajstić information content (AvgIpc) is 2.86. The Morgan fingerprint density at radius 2 is 2.05 bits per heavy atom. The number of aryl methyl sites for hydroxylation is 2. The van der Waals surface area contributed by atoms with E-state index in [4.69, 9.17) is 15.3 Å². The van der Waals surface area contributed by atoms with Gasteiger partial charge in [-0.3, -0.25) is 10.1 Å². The third-order valence-electron chi connectivity index (χ3n) is 2.81. The fourth-order valence-corrected chi connectivity index (χ4v) is 1.68. The highest BCUT2D eigenvalue weighted by Gasteiger charge is 2.56. The van der Waals surface area contributed by atoms with E-state index in [0.29, 0.717) is 4.68 Å². The molecule has 2 heterocycles.